The molecule has 0 heterocycles. The van der Waals surface area contributed by atoms with Crippen LogP contribution in [0.3, 0.4) is 0 Å². The summed E-state index contributed by atoms with van der Waals surface area (Å²) in [5.74, 6) is 0.0396. The number of ether oxygens (including phenoxy) is 1. The highest BCUT2D eigenvalue weighted by Gasteiger charge is 2.21. The lowest BCUT2D eigenvalue weighted by Gasteiger charge is -2.31. The molecule has 4 nitrogen and oxygen atoms in total. The van der Waals surface area contributed by atoms with Gasteiger partial charge in [0.15, 0.2) is 0 Å². The Morgan fingerprint density at radius 1 is 0.674 bits per heavy atom. The molecule has 0 aromatic heterocycles. The molecule has 0 amide bonds. The maximum absolute atomic E-state index is 11.9. The van der Waals surface area contributed by atoms with Crippen LogP contribution in [-0.2, 0) is 4.79 Å². The van der Waals surface area contributed by atoms with Gasteiger partial charge in [-0.25, -0.2) is 4.79 Å². The fourth-order valence-electron chi connectivity index (χ4n) is 5.35. The molecule has 0 atom stereocenters. The monoisotopic (exact) mass is 564 g/mol. The third-order valence-corrected chi connectivity index (χ3v) is 7.42. The number of anilines is 6. The minimum atomic E-state index is -0.476. The maximum Gasteiger partial charge on any atom is 0.335 e. The number of rotatable bonds is 8. The molecule has 0 bridgehead atoms. The number of nitrogens with zero attached hydrogens (tertiary/aromatic N) is 2. The maximum atomic E-state index is 11.9. The van der Waals surface area contributed by atoms with Gasteiger partial charge in [-0.15, -0.1) is 0 Å². The summed E-state index contributed by atoms with van der Waals surface area (Å²) in [4.78, 5) is 16.4. The molecule has 43 heavy (non-hydrogen) atoms. The molecule has 4 heteroatoms. The van der Waals surface area contributed by atoms with Crippen LogP contribution in [0, 0.1) is 53.7 Å². The van der Waals surface area contributed by atoms with E-state index in [9.17, 15) is 4.79 Å². The number of hydrogen-bond acceptors (Lipinski definition) is 4. The van der Waals surface area contributed by atoms with E-state index in [1.807, 2.05) is 32.0 Å². The van der Waals surface area contributed by atoms with E-state index < -0.39 is 5.97 Å². The molecular formula is C39H36N2O2. The topological polar surface area (TPSA) is 32.8 Å². The SMILES string of the molecule is C=CC(=O)Oc1ccc(N(c2cccc(C)c2)c2cc(C)c(N(c3cc#cc(C)c3)c3cccc(C)c3)cc2C)cc1C. The van der Waals surface area contributed by atoms with Crippen LogP contribution in [0.5, 0.6) is 5.75 Å². The fraction of sp³-hybridized carbons (Fsp3) is 0.154. The predicted molar refractivity (Wildman–Crippen MR) is 178 cm³/mol. The zero-order valence-electron chi connectivity index (χ0n) is 25.7. The van der Waals surface area contributed by atoms with Crippen LogP contribution in [0.1, 0.15) is 33.4 Å². The zero-order chi connectivity index (χ0) is 30.7. The normalized spacial score (nSPS) is 10.6. The van der Waals surface area contributed by atoms with Crippen LogP contribution in [0.25, 0.3) is 0 Å². The summed E-state index contributed by atoms with van der Waals surface area (Å²) >= 11 is 0. The van der Waals surface area contributed by atoms with E-state index in [1.165, 1.54) is 17.2 Å². The number of esters is 1. The van der Waals surface area contributed by atoms with Crippen molar-refractivity contribution in [3.8, 4) is 5.75 Å². The Labute approximate surface area is 255 Å². The molecular weight excluding hydrogens is 528 g/mol. The van der Waals surface area contributed by atoms with Gasteiger partial charge in [-0.2, -0.15) is 0 Å². The lowest BCUT2D eigenvalue weighted by Crippen LogP contribution is -2.15. The van der Waals surface area contributed by atoms with Gasteiger partial charge in [-0.1, -0.05) is 43.0 Å². The average Bonchev–Trinajstić information content (AvgIpc) is 2.97. The van der Waals surface area contributed by atoms with Crippen molar-refractivity contribution in [1.82, 2.24) is 0 Å². The van der Waals surface area contributed by atoms with Gasteiger partial charge in [0.25, 0.3) is 0 Å². The second kappa shape index (κ2) is 12.3. The molecule has 5 aromatic rings. The summed E-state index contributed by atoms with van der Waals surface area (Å²) in [6, 6.07) is 37.9. The number of benzene rings is 4. The molecule has 214 valence electrons. The second-order valence-corrected chi connectivity index (χ2v) is 11.0. The third kappa shape index (κ3) is 6.32. The zero-order valence-corrected chi connectivity index (χ0v) is 25.7. The molecule has 0 radical (unpaired) electrons. The van der Waals surface area contributed by atoms with Crippen molar-refractivity contribution in [2.24, 2.45) is 0 Å². The molecule has 0 fully saturated rings. The van der Waals surface area contributed by atoms with Crippen LogP contribution >= 0.6 is 0 Å². The van der Waals surface area contributed by atoms with Crippen LogP contribution in [0.4, 0.5) is 34.1 Å². The number of carbonyl (C=O) groups excluding carboxylic acids is 1. The van der Waals surface area contributed by atoms with Crippen molar-refractivity contribution < 1.29 is 9.53 Å². The minimum absolute atomic E-state index is 0.476. The van der Waals surface area contributed by atoms with E-state index in [0.29, 0.717) is 5.75 Å². The van der Waals surface area contributed by atoms with Gasteiger partial charge in [-0.05, 0) is 130 Å². The summed E-state index contributed by atoms with van der Waals surface area (Å²) < 4.78 is 5.46. The van der Waals surface area contributed by atoms with Crippen LogP contribution in [-0.4, -0.2) is 5.97 Å². The Morgan fingerprint density at radius 3 is 1.74 bits per heavy atom. The second-order valence-electron chi connectivity index (χ2n) is 11.0. The summed E-state index contributed by atoms with van der Waals surface area (Å²) in [5.41, 5.74) is 12.8. The molecule has 0 saturated carbocycles. The first-order chi connectivity index (χ1) is 20.6. The van der Waals surface area contributed by atoms with Crippen LogP contribution in [0.2, 0.25) is 0 Å². The Bertz CT molecular complexity index is 1780. The first kappa shape index (κ1) is 29.2. The van der Waals surface area contributed by atoms with Crippen molar-refractivity contribution in [2.75, 3.05) is 9.80 Å². The van der Waals surface area contributed by atoms with Gasteiger partial charge in [-0.3, -0.25) is 0 Å². The highest BCUT2D eigenvalue weighted by atomic mass is 16.5. The van der Waals surface area contributed by atoms with Gasteiger partial charge in [0, 0.05) is 46.1 Å². The largest absolute Gasteiger partial charge is 0.423 e. The summed E-state index contributed by atoms with van der Waals surface area (Å²) in [6.07, 6.45) is 1.17. The molecule has 5 rings (SSSR count). The van der Waals surface area contributed by atoms with Crippen LogP contribution in [0.15, 0.2) is 104 Å². The van der Waals surface area contributed by atoms with E-state index in [4.69, 9.17) is 4.74 Å². The van der Waals surface area contributed by atoms with Gasteiger partial charge in [0.2, 0.25) is 0 Å². The van der Waals surface area contributed by atoms with Crippen molar-refractivity contribution in [1.29, 1.82) is 0 Å². The molecule has 0 saturated heterocycles. The Balaban J connectivity index is 1.67. The molecule has 0 spiro atoms. The Kier molecular flexibility index (Phi) is 8.36. The van der Waals surface area contributed by atoms with E-state index in [-0.39, 0.29) is 0 Å². The standard InChI is InChI=1S/C39H36N2O2/c1-8-39(42)43-38-19-18-35(23-31(38)7)41(34-17-11-14-28(4)22-34)37-25-29(5)36(24-30(37)6)40(32-15-9-12-26(2)20-32)33-16-10-13-27(3)21-33/h8-9,11-12,14-25H,1H2,2-7H3. The van der Waals surface area contributed by atoms with E-state index in [2.05, 4.69) is 129 Å². The first-order valence-corrected chi connectivity index (χ1v) is 14.3. The molecule has 0 N–H and O–H groups in total. The first-order valence-electron chi connectivity index (χ1n) is 14.3. The smallest absolute Gasteiger partial charge is 0.335 e. The molecule has 0 unspecified atom stereocenters. The Hall–Kier alpha value is -5.27. The van der Waals surface area contributed by atoms with E-state index >= 15 is 0 Å². The highest BCUT2D eigenvalue weighted by molar-refractivity contribution is 5.86. The van der Waals surface area contributed by atoms with Gasteiger partial charge in [0.1, 0.15) is 5.75 Å². The fourth-order valence-corrected chi connectivity index (χ4v) is 5.35. The third-order valence-electron chi connectivity index (χ3n) is 7.42. The van der Waals surface area contributed by atoms with Crippen molar-refractivity contribution in [2.45, 2.75) is 41.5 Å². The van der Waals surface area contributed by atoms with E-state index in [0.717, 1.165) is 56.4 Å². The molecule has 0 aliphatic carbocycles. The van der Waals surface area contributed by atoms with E-state index in [1.54, 1.807) is 0 Å². The number of aryl methyl sites for hydroxylation is 6. The number of carbonyl (C=O) groups is 1. The van der Waals surface area contributed by atoms with Crippen molar-refractivity contribution in [3.63, 3.8) is 0 Å². The number of hydrogen-bond donors (Lipinski definition) is 0. The molecule has 0 aliphatic rings. The Morgan fingerprint density at radius 2 is 1.23 bits per heavy atom. The van der Waals surface area contributed by atoms with Gasteiger partial charge >= 0.3 is 5.97 Å². The predicted octanol–water partition coefficient (Wildman–Crippen LogP) is 10.2. The highest BCUT2D eigenvalue weighted by Crippen LogP contribution is 2.43. The van der Waals surface area contributed by atoms with Crippen molar-refractivity contribution in [3.05, 3.63) is 149 Å². The molecule has 0 aliphatic heterocycles. The van der Waals surface area contributed by atoms with Crippen molar-refractivity contribution >= 4 is 40.1 Å². The average molecular weight is 565 g/mol. The van der Waals surface area contributed by atoms with Gasteiger partial charge < -0.3 is 14.5 Å². The van der Waals surface area contributed by atoms with Gasteiger partial charge in [0.05, 0.1) is 5.69 Å². The molecule has 5 aromatic carbocycles. The summed E-state index contributed by atoms with van der Waals surface area (Å²) in [7, 11) is 0. The lowest BCUT2D eigenvalue weighted by molar-refractivity contribution is -0.129. The van der Waals surface area contributed by atoms with Crippen LogP contribution < -0.4 is 14.5 Å². The summed E-state index contributed by atoms with van der Waals surface area (Å²) in [5, 5.41) is 0. The minimum Gasteiger partial charge on any atom is -0.423 e. The quantitative estimate of drug-likeness (QED) is 0.107. The lowest BCUT2D eigenvalue weighted by atomic mass is 10.0. The summed E-state index contributed by atoms with van der Waals surface area (Å²) in [6.45, 7) is 16.0.